The number of rotatable bonds is 50. The number of aliphatic hydroxyl groups excluding tert-OH is 3. The summed E-state index contributed by atoms with van der Waals surface area (Å²) in [7, 11) is 0. The van der Waals surface area contributed by atoms with Crippen LogP contribution >= 0.6 is 25.3 Å². The number of benzene rings is 4. The number of nitrogens with one attached hydrogen (secondary N) is 13. The number of para-hydroxylation sites is 1. The van der Waals surface area contributed by atoms with Gasteiger partial charge in [0.05, 0.1) is 31.3 Å². The number of thiol groups is 2. The Labute approximate surface area is 664 Å². The van der Waals surface area contributed by atoms with Gasteiger partial charge in [0.2, 0.25) is 70.9 Å². The number of hydrogen-bond acceptors (Lipinski definition) is 23. The maximum absolute atomic E-state index is 15.3. The van der Waals surface area contributed by atoms with Crippen LogP contribution in [0.2, 0.25) is 0 Å². The Kier molecular flexibility index (Phi) is 39.8. The number of aliphatic hydroxyl groups is 3. The zero-order valence-corrected chi connectivity index (χ0v) is 64.8. The summed E-state index contributed by atoms with van der Waals surface area (Å²) in [4.78, 5) is 198. The van der Waals surface area contributed by atoms with E-state index in [2.05, 4.69) is 94.2 Å². The number of nitrogens with two attached hydrogens (primary N) is 4. The molecule has 0 aliphatic carbocycles. The number of aliphatic carboxylic acids is 1. The number of fused-ring (bicyclic) bond motifs is 1. The number of amides is 13. The molecule has 38 heteroatoms. The van der Waals surface area contributed by atoms with Crippen LogP contribution in [0.15, 0.2) is 121 Å². The van der Waals surface area contributed by atoms with Crippen LogP contribution < -0.4 is 86.8 Å². The number of hydrazine groups is 1. The third kappa shape index (κ3) is 31.1. The van der Waals surface area contributed by atoms with Crippen LogP contribution in [0.5, 0.6) is 0 Å². The highest BCUT2D eigenvalue weighted by Crippen LogP contribution is 2.21. The van der Waals surface area contributed by atoms with Crippen molar-refractivity contribution in [1.82, 2.24) is 73.9 Å². The quantitative estimate of drug-likeness (QED) is 0.00988. The summed E-state index contributed by atoms with van der Waals surface area (Å²) in [6.45, 7) is 2.58. The third-order valence-corrected chi connectivity index (χ3v) is 18.7. The predicted molar refractivity (Wildman–Crippen MR) is 422 cm³/mol. The summed E-state index contributed by atoms with van der Waals surface area (Å²) in [5.74, 6) is -14.8. The number of aromatic nitrogens is 1. The van der Waals surface area contributed by atoms with Gasteiger partial charge in [0, 0.05) is 60.8 Å². The number of aromatic amines is 1. The number of carbonyl (C=O) groups excluding carboxylic acids is 13. The number of carbonyl (C=O) groups is 14. The van der Waals surface area contributed by atoms with Crippen molar-refractivity contribution in [3.05, 3.63) is 144 Å². The number of hydrogen-bond donors (Lipinski definition) is 23. The normalized spacial score (nSPS) is 14.9. The van der Waals surface area contributed by atoms with E-state index in [4.69, 9.17) is 22.9 Å². The van der Waals surface area contributed by atoms with Crippen molar-refractivity contribution in [2.24, 2.45) is 22.9 Å². The third-order valence-electron chi connectivity index (χ3n) is 17.9. The van der Waals surface area contributed by atoms with Crippen molar-refractivity contribution in [2.75, 3.05) is 44.3 Å². The predicted octanol–water partition coefficient (Wildman–Crippen LogP) is -4.72. The minimum atomic E-state index is -1.92. The Balaban J connectivity index is 1.46. The second kappa shape index (κ2) is 48.4. The Morgan fingerprint density at radius 1 is 0.442 bits per heavy atom. The molecular weight excluding hydrogens is 1510 g/mol. The molecule has 25 N–H and O–H groups in total. The van der Waals surface area contributed by atoms with Gasteiger partial charge in [-0.1, -0.05) is 116 Å². The number of primary amides is 1. The van der Waals surface area contributed by atoms with Crippen LogP contribution in [0.4, 0.5) is 0 Å². The number of carboxylic acids is 1. The lowest BCUT2D eigenvalue weighted by Crippen LogP contribution is -2.63. The van der Waals surface area contributed by atoms with Crippen LogP contribution in [0.3, 0.4) is 0 Å². The van der Waals surface area contributed by atoms with Crippen molar-refractivity contribution in [3.8, 4) is 0 Å². The average molecular weight is 1610 g/mol. The second-order valence-corrected chi connectivity index (χ2v) is 27.6. The molecule has 0 aliphatic rings. The second-order valence-electron chi connectivity index (χ2n) is 26.9. The summed E-state index contributed by atoms with van der Waals surface area (Å²) >= 11 is 8.18. The van der Waals surface area contributed by atoms with Gasteiger partial charge in [-0.3, -0.25) is 72.5 Å². The van der Waals surface area contributed by atoms with Crippen LogP contribution in [0.1, 0.15) is 88.0 Å². The standard InChI is InChI=1S/C75H106N18O18S2/c1-4-93(38-61(98)99)92-73(109)59(41-113)89-72(108)58(39-94)88-75(111)63(43(3)96)91-71(107)55(34-46-24-12-7-13-25-46)87-74(110)62(42(2)95)90-66(102)52(29-17-19-31-77)82-69(105)56(35-47-37-80-50-27-15-14-26-48(47)50)85-68(104)54(33-45-22-10-6-11-23-45)83-67(103)53(32-44-20-8-5-9-21-44)84-70(106)57(36-60(79)97)86-65(101)51(28-16-18-30-76)81-64(100)49(78)40-112/h5-15,20-27,37,42-43,49,51-59,62-63,80,94-96,112-113H,4,16-19,28-36,38-41,76-78H2,1-3H3,(H2,79,97)(H,81,100)(H,82,105)(H,83,103)(H,84,106)(H,85,104)(H,86,101)(H,87,110)(H,88,111)(H,89,108)(H,90,102)(H,91,107)(H,92,109)(H,98,99)/t42?,43?,49-,51-,52-,53-,54-,55-,56+,57-,58-,59-,62-,63-/m0/s1. The molecule has 36 nitrogen and oxygen atoms in total. The molecule has 4 aromatic carbocycles. The van der Waals surface area contributed by atoms with Gasteiger partial charge in [0.25, 0.3) is 5.91 Å². The summed E-state index contributed by atoms with van der Waals surface area (Å²) in [6.07, 6.45) is -2.51. The van der Waals surface area contributed by atoms with E-state index >= 15 is 14.4 Å². The molecule has 1 aromatic heterocycles. The van der Waals surface area contributed by atoms with Gasteiger partial charge in [0.1, 0.15) is 73.0 Å². The molecule has 2 unspecified atom stereocenters. The maximum atomic E-state index is 15.3. The zero-order valence-electron chi connectivity index (χ0n) is 63.0. The highest BCUT2D eigenvalue weighted by Gasteiger charge is 2.39. The molecule has 113 heavy (non-hydrogen) atoms. The molecule has 0 saturated heterocycles. The summed E-state index contributed by atoms with van der Waals surface area (Å²) in [5.41, 5.74) is 28.1. The highest BCUT2D eigenvalue weighted by molar-refractivity contribution is 7.80. The monoisotopic (exact) mass is 1610 g/mol. The van der Waals surface area contributed by atoms with E-state index in [0.29, 0.717) is 52.4 Å². The lowest BCUT2D eigenvalue weighted by molar-refractivity contribution is -0.141. The van der Waals surface area contributed by atoms with Gasteiger partial charge in [-0.2, -0.15) is 25.3 Å². The fourth-order valence-corrected chi connectivity index (χ4v) is 12.1. The molecule has 5 rings (SSSR count). The Morgan fingerprint density at radius 2 is 0.805 bits per heavy atom. The van der Waals surface area contributed by atoms with Crippen molar-refractivity contribution in [1.29, 1.82) is 0 Å². The van der Waals surface area contributed by atoms with Crippen LogP contribution in [-0.2, 0) is 92.8 Å². The first kappa shape index (κ1) is 93.0. The number of carboxylic acid groups (broad SMARTS) is 1. The van der Waals surface area contributed by atoms with E-state index in [9.17, 15) is 73.2 Å². The van der Waals surface area contributed by atoms with E-state index < -0.39 is 187 Å². The fourth-order valence-electron chi connectivity index (χ4n) is 11.7. The minimum absolute atomic E-state index is 0.0446. The van der Waals surface area contributed by atoms with E-state index in [1.54, 1.807) is 128 Å². The van der Waals surface area contributed by atoms with E-state index in [1.165, 1.54) is 0 Å². The van der Waals surface area contributed by atoms with E-state index in [1.807, 2.05) is 0 Å². The van der Waals surface area contributed by atoms with E-state index in [-0.39, 0.29) is 76.1 Å². The number of H-pyrrole nitrogens is 1. The van der Waals surface area contributed by atoms with Gasteiger partial charge < -0.3 is 107 Å². The molecule has 616 valence electrons. The van der Waals surface area contributed by atoms with Crippen molar-refractivity contribution >= 4 is 119 Å². The maximum Gasteiger partial charge on any atom is 0.319 e. The number of nitrogens with zero attached hydrogens (tertiary/aromatic N) is 1. The number of unbranched alkanes of at least 4 members (excludes halogenated alkanes) is 2. The van der Waals surface area contributed by atoms with Gasteiger partial charge in [-0.25, -0.2) is 5.01 Å². The van der Waals surface area contributed by atoms with Gasteiger partial charge in [0.15, 0.2) is 0 Å². The van der Waals surface area contributed by atoms with Gasteiger partial charge in [-0.15, -0.1) is 0 Å². The molecule has 1 heterocycles. The summed E-state index contributed by atoms with van der Waals surface area (Å²) in [6, 6.07) is 12.8. The van der Waals surface area contributed by atoms with Crippen LogP contribution in [0, 0.1) is 0 Å². The van der Waals surface area contributed by atoms with Gasteiger partial charge >= 0.3 is 5.97 Å². The lowest BCUT2D eigenvalue weighted by Gasteiger charge is -2.29. The fraction of sp³-hybridized carbons (Fsp3) is 0.467. The Hall–Kier alpha value is -10.6. The first-order valence-electron chi connectivity index (χ1n) is 36.8. The SMILES string of the molecule is CCN(CC(=O)O)NC(=O)[C@H](CS)NC(=O)[C@H](CO)NC(=O)[C@@H](NC(=O)[C@H](Cc1ccccc1)NC(=O)[C@@H](NC(=O)[C@H](CCCCN)NC(=O)[C@@H](Cc1c[nH]c2ccccc12)NC(=O)[C@H](Cc1ccccc1)NC(=O)[C@H](Cc1ccccc1)NC(=O)[C@H](CC(N)=O)NC(=O)[C@H](CCCCN)NC(=O)[C@@H](N)CS)C(C)O)C(C)O. The topological polar surface area (TPSA) is 587 Å². The molecule has 5 aromatic rings. The molecule has 13 amide bonds. The summed E-state index contributed by atoms with van der Waals surface area (Å²) in [5, 5.41) is 71.2. The zero-order chi connectivity index (χ0) is 83.3. The van der Waals surface area contributed by atoms with E-state index in [0.717, 1.165) is 18.9 Å². The van der Waals surface area contributed by atoms with Crippen LogP contribution in [-0.4, -0.2) is 242 Å². The van der Waals surface area contributed by atoms with Crippen LogP contribution in [0.25, 0.3) is 10.9 Å². The molecular formula is C75H106N18O18S2. The largest absolute Gasteiger partial charge is 0.480 e. The first-order chi connectivity index (χ1) is 53.9. The number of likely N-dealkylation sites (N-methyl/N-ethyl adjacent to an activating group) is 1. The van der Waals surface area contributed by atoms with Crippen molar-refractivity contribution < 1.29 is 87.5 Å². The molecule has 0 saturated carbocycles. The Morgan fingerprint density at radius 3 is 1.22 bits per heavy atom. The highest BCUT2D eigenvalue weighted by atomic mass is 32.1. The van der Waals surface area contributed by atoms with Crippen molar-refractivity contribution in [2.45, 2.75) is 176 Å². The van der Waals surface area contributed by atoms with Crippen molar-refractivity contribution in [3.63, 3.8) is 0 Å². The molecule has 14 atom stereocenters. The minimum Gasteiger partial charge on any atom is -0.480 e. The Bertz CT molecular complexity index is 3980. The average Bonchev–Trinajstić information content (AvgIpc) is 1.73. The smallest absolute Gasteiger partial charge is 0.319 e. The summed E-state index contributed by atoms with van der Waals surface area (Å²) < 4.78 is 0. The first-order valence-corrected chi connectivity index (χ1v) is 38.1. The lowest BCUT2D eigenvalue weighted by atomic mass is 10.00. The molecule has 0 radical (unpaired) electrons. The molecule has 0 fully saturated rings. The molecule has 0 aliphatic heterocycles. The van der Waals surface area contributed by atoms with Gasteiger partial charge in [-0.05, 0) is 93.8 Å². The molecule has 0 bridgehead atoms. The molecule has 0 spiro atoms.